The van der Waals surface area contributed by atoms with Gasteiger partial charge in [0, 0.05) is 11.8 Å². The van der Waals surface area contributed by atoms with E-state index < -0.39 is 11.6 Å². The topological polar surface area (TPSA) is 54.9 Å². The molecule has 1 aromatic heterocycles. The van der Waals surface area contributed by atoms with Crippen molar-refractivity contribution in [2.45, 2.75) is 9.50 Å². The van der Waals surface area contributed by atoms with Gasteiger partial charge in [-0.2, -0.15) is 4.37 Å². The quantitative estimate of drug-likeness (QED) is 0.851. The van der Waals surface area contributed by atoms with Gasteiger partial charge in [-0.15, -0.1) is 0 Å². The molecule has 0 bridgehead atoms. The van der Waals surface area contributed by atoms with Crippen LogP contribution in [0.4, 0.5) is 14.5 Å². The molecule has 1 amide bonds. The summed E-state index contributed by atoms with van der Waals surface area (Å²) in [5, 5.41) is 3.15. The molecule has 0 saturated carbocycles. The Labute approximate surface area is 126 Å². The van der Waals surface area contributed by atoms with Gasteiger partial charge in [-0.05, 0) is 29.9 Å². The predicted octanol–water partition coefficient (Wildman–Crippen LogP) is 3.27. The molecule has 0 atom stereocenters. The highest BCUT2D eigenvalue weighted by molar-refractivity contribution is 8.01. The number of aromatic nitrogens is 2. The van der Waals surface area contributed by atoms with Crippen LogP contribution in [-0.4, -0.2) is 27.3 Å². The number of nitrogens with one attached hydrogen (secondary N) is 1. The average molecular weight is 333 g/mol. The maximum absolute atomic E-state index is 13.0. The predicted molar refractivity (Wildman–Crippen MR) is 77.4 cm³/mol. The van der Waals surface area contributed by atoms with Gasteiger partial charge < -0.3 is 5.32 Å². The van der Waals surface area contributed by atoms with Crippen LogP contribution in [0.15, 0.2) is 27.7 Å². The molecule has 2 aromatic rings. The number of hydrogen-bond acceptors (Lipinski definition) is 6. The Morgan fingerprint density at radius 1 is 1.40 bits per heavy atom. The minimum absolute atomic E-state index is 0.127. The molecule has 20 heavy (non-hydrogen) atoms. The van der Waals surface area contributed by atoms with E-state index in [1.807, 2.05) is 6.26 Å². The van der Waals surface area contributed by atoms with E-state index in [1.54, 1.807) is 0 Å². The summed E-state index contributed by atoms with van der Waals surface area (Å²) in [5.41, 5.74) is 0.219. The van der Waals surface area contributed by atoms with Crippen LogP contribution < -0.4 is 5.32 Å². The first-order valence-corrected chi connectivity index (χ1v) is 8.32. The van der Waals surface area contributed by atoms with Crippen molar-refractivity contribution < 1.29 is 13.6 Å². The van der Waals surface area contributed by atoms with Crippen LogP contribution in [0, 0.1) is 11.6 Å². The van der Waals surface area contributed by atoms with Crippen LogP contribution in [0.2, 0.25) is 0 Å². The number of anilines is 1. The van der Waals surface area contributed by atoms with E-state index in [2.05, 4.69) is 14.7 Å². The lowest BCUT2D eigenvalue weighted by Gasteiger charge is -2.04. The normalized spacial score (nSPS) is 10.6. The fraction of sp³-hybridized carbons (Fsp3) is 0.182. The molecule has 0 spiro atoms. The van der Waals surface area contributed by atoms with E-state index in [-0.39, 0.29) is 17.3 Å². The van der Waals surface area contributed by atoms with E-state index >= 15 is 0 Å². The average Bonchev–Trinajstić information content (AvgIpc) is 2.89. The van der Waals surface area contributed by atoms with Crippen molar-refractivity contribution in [1.29, 1.82) is 0 Å². The summed E-state index contributed by atoms with van der Waals surface area (Å²) in [4.78, 5) is 15.8. The molecule has 0 saturated heterocycles. The number of thioether (sulfide) groups is 2. The lowest BCUT2D eigenvalue weighted by atomic mass is 10.3. The fourth-order valence-electron chi connectivity index (χ4n) is 1.24. The molecule has 4 nitrogen and oxygen atoms in total. The Kier molecular flexibility index (Phi) is 5.32. The summed E-state index contributed by atoms with van der Waals surface area (Å²) < 4.78 is 30.5. The van der Waals surface area contributed by atoms with Crippen molar-refractivity contribution in [1.82, 2.24) is 9.36 Å². The summed E-state index contributed by atoms with van der Waals surface area (Å²) in [7, 11) is 0. The van der Waals surface area contributed by atoms with Crippen LogP contribution in [-0.2, 0) is 4.79 Å². The van der Waals surface area contributed by atoms with Crippen molar-refractivity contribution in [3.8, 4) is 0 Å². The third-order valence-corrected chi connectivity index (χ3v) is 4.60. The van der Waals surface area contributed by atoms with E-state index in [1.165, 1.54) is 41.1 Å². The molecular formula is C11H9F2N3OS3. The van der Waals surface area contributed by atoms with Crippen molar-refractivity contribution in [2.24, 2.45) is 0 Å². The zero-order chi connectivity index (χ0) is 14.5. The molecule has 9 heteroatoms. The van der Waals surface area contributed by atoms with Gasteiger partial charge in [-0.1, -0.05) is 23.5 Å². The van der Waals surface area contributed by atoms with Crippen molar-refractivity contribution >= 4 is 46.7 Å². The SMILES string of the molecule is CSc1nsc(SCC(=O)Nc2ccc(F)c(F)c2)n1. The number of nitrogens with zero attached hydrogens (tertiary/aromatic N) is 2. The Morgan fingerprint density at radius 3 is 2.85 bits per heavy atom. The fourth-order valence-corrected chi connectivity index (χ4v) is 3.25. The minimum atomic E-state index is -0.996. The molecule has 0 aliphatic carbocycles. The Morgan fingerprint density at radius 2 is 2.20 bits per heavy atom. The van der Waals surface area contributed by atoms with Crippen molar-refractivity contribution in [3.05, 3.63) is 29.8 Å². The highest BCUT2D eigenvalue weighted by Crippen LogP contribution is 2.23. The number of rotatable bonds is 5. The summed E-state index contributed by atoms with van der Waals surface area (Å²) >= 11 is 3.89. The molecule has 1 heterocycles. The number of halogens is 2. The molecule has 0 radical (unpaired) electrons. The first-order valence-electron chi connectivity index (χ1n) is 5.34. The Balaban J connectivity index is 1.87. The monoisotopic (exact) mass is 333 g/mol. The van der Waals surface area contributed by atoms with Crippen LogP contribution in [0.3, 0.4) is 0 Å². The standard InChI is InChI=1S/C11H9F2N3OS3/c1-18-10-15-11(20-16-10)19-5-9(17)14-6-2-3-7(12)8(13)4-6/h2-4H,5H2,1H3,(H,14,17). The number of amides is 1. The zero-order valence-corrected chi connectivity index (χ0v) is 12.7. The first-order chi connectivity index (χ1) is 9.58. The largest absolute Gasteiger partial charge is 0.325 e. The second-order valence-electron chi connectivity index (χ2n) is 3.51. The van der Waals surface area contributed by atoms with Crippen molar-refractivity contribution in [2.75, 3.05) is 17.3 Å². The van der Waals surface area contributed by atoms with E-state index in [9.17, 15) is 13.6 Å². The molecule has 0 aliphatic rings. The van der Waals surface area contributed by atoms with Crippen LogP contribution >= 0.6 is 35.1 Å². The number of hydrogen-bond donors (Lipinski definition) is 1. The summed E-state index contributed by atoms with van der Waals surface area (Å²) in [6.45, 7) is 0. The van der Waals surface area contributed by atoms with Crippen LogP contribution in [0.1, 0.15) is 0 Å². The lowest BCUT2D eigenvalue weighted by molar-refractivity contribution is -0.113. The highest BCUT2D eigenvalue weighted by atomic mass is 32.2. The first kappa shape index (κ1) is 15.2. The third-order valence-electron chi connectivity index (χ3n) is 2.10. The van der Waals surface area contributed by atoms with Crippen LogP contribution in [0.5, 0.6) is 0 Å². The lowest BCUT2D eigenvalue weighted by Crippen LogP contribution is -2.14. The van der Waals surface area contributed by atoms with Gasteiger partial charge in [0.1, 0.15) is 0 Å². The summed E-state index contributed by atoms with van der Waals surface area (Å²) in [6.07, 6.45) is 1.87. The Hall–Kier alpha value is -1.19. The minimum Gasteiger partial charge on any atom is -0.325 e. The number of benzene rings is 1. The van der Waals surface area contributed by atoms with Gasteiger partial charge in [0.2, 0.25) is 11.1 Å². The van der Waals surface area contributed by atoms with Crippen molar-refractivity contribution in [3.63, 3.8) is 0 Å². The van der Waals surface area contributed by atoms with Gasteiger partial charge in [0.05, 0.1) is 5.75 Å². The highest BCUT2D eigenvalue weighted by Gasteiger charge is 2.09. The molecule has 106 valence electrons. The zero-order valence-electron chi connectivity index (χ0n) is 10.2. The van der Waals surface area contributed by atoms with Gasteiger partial charge in [-0.3, -0.25) is 4.79 Å². The van der Waals surface area contributed by atoms with Gasteiger partial charge in [0.15, 0.2) is 16.0 Å². The van der Waals surface area contributed by atoms with E-state index in [0.29, 0.717) is 9.50 Å². The Bertz CT molecular complexity index is 621. The van der Waals surface area contributed by atoms with E-state index in [0.717, 1.165) is 12.1 Å². The maximum Gasteiger partial charge on any atom is 0.234 e. The second kappa shape index (κ2) is 7.00. The summed E-state index contributed by atoms with van der Waals surface area (Å²) in [5.74, 6) is -2.14. The smallest absolute Gasteiger partial charge is 0.234 e. The van der Waals surface area contributed by atoms with Gasteiger partial charge in [-0.25, -0.2) is 13.8 Å². The number of carbonyl (C=O) groups is 1. The summed E-state index contributed by atoms with van der Waals surface area (Å²) in [6, 6.07) is 3.21. The molecule has 0 unspecified atom stereocenters. The van der Waals surface area contributed by atoms with Gasteiger partial charge >= 0.3 is 0 Å². The molecule has 1 aromatic carbocycles. The third kappa shape index (κ3) is 4.15. The molecular weight excluding hydrogens is 324 g/mol. The molecule has 1 N–H and O–H groups in total. The maximum atomic E-state index is 13.0. The van der Waals surface area contributed by atoms with E-state index in [4.69, 9.17) is 0 Å². The molecule has 0 aliphatic heterocycles. The molecule has 2 rings (SSSR count). The number of carbonyl (C=O) groups excluding carboxylic acids is 1. The van der Waals surface area contributed by atoms with Gasteiger partial charge in [0.25, 0.3) is 0 Å². The molecule has 0 fully saturated rings. The second-order valence-corrected chi connectivity index (χ2v) is 6.26. The van der Waals surface area contributed by atoms with Crippen LogP contribution in [0.25, 0.3) is 0 Å².